The molecule has 16 radical (unpaired) electrons. The number of rotatable bonds is 2. The molecule has 10 heteroatoms. The topological polar surface area (TPSA) is 34.1 Å². The van der Waals surface area contributed by atoms with Gasteiger partial charge in [-0.1, -0.05) is 38.8 Å². The molecule has 0 spiro atoms. The first-order valence-electron chi connectivity index (χ1n) is 11.7. The molecule has 4 fully saturated rings. The zero-order valence-electron chi connectivity index (χ0n) is 19.6. The monoisotopic (exact) mass is 410 g/mol. The van der Waals surface area contributed by atoms with Gasteiger partial charge in [0, 0.05) is 0 Å². The maximum atomic E-state index is 13.3. The summed E-state index contributed by atoms with van der Waals surface area (Å²) in [6.07, 6.45) is 3.55. The Labute approximate surface area is 204 Å². The third-order valence-corrected chi connectivity index (χ3v) is 10.1. The van der Waals surface area contributed by atoms with Gasteiger partial charge in [0.15, 0.2) is 0 Å². The van der Waals surface area contributed by atoms with E-state index in [1.807, 2.05) is 0 Å². The van der Waals surface area contributed by atoms with Crippen molar-refractivity contribution in [3.05, 3.63) is 0 Å². The fourth-order valence-electron chi connectivity index (χ4n) is 8.86. The summed E-state index contributed by atoms with van der Waals surface area (Å²) in [5, 5.41) is -5.31. The van der Waals surface area contributed by atoms with E-state index in [0.29, 0.717) is 12.8 Å². The first-order valence-corrected chi connectivity index (χ1v) is 11.7. The van der Waals surface area contributed by atoms with E-state index >= 15 is 0 Å². The van der Waals surface area contributed by atoms with Crippen molar-refractivity contribution in [1.82, 2.24) is 0 Å². The summed E-state index contributed by atoms with van der Waals surface area (Å²) in [5.41, 5.74) is -0.996. The van der Waals surface area contributed by atoms with Gasteiger partial charge in [-0.15, -0.1) is 0 Å². The molecule has 0 aromatic carbocycles. The minimum Gasteiger partial charge on any atom is -0.301 e. The van der Waals surface area contributed by atoms with Crippen LogP contribution in [0.5, 0.6) is 0 Å². The first kappa shape index (κ1) is 25.0. The van der Waals surface area contributed by atoms with E-state index < -0.39 is 49.3 Å². The maximum Gasteiger partial charge on any atom is 0.119 e. The van der Waals surface area contributed by atoms with Crippen LogP contribution in [0.25, 0.3) is 0 Å². The Bertz CT molecular complexity index is 853. The van der Waals surface area contributed by atoms with Gasteiger partial charge in [-0.3, -0.25) is 0 Å². The standard InChI is InChI=1S/C22H26B8O2/c1-17-9-22(29,30)15(31)13(23)14(17)21(27,28)8-10-11(17)4-6-18(2)12(10)5-7-20(18,26)16(32)19(3,24)25/h10-14H,4-9H2,1-3H3. The van der Waals surface area contributed by atoms with Crippen molar-refractivity contribution < 1.29 is 9.59 Å². The largest absolute Gasteiger partial charge is 0.301 e. The fraction of sp³-hybridized carbons (Fsp3) is 0.909. The van der Waals surface area contributed by atoms with Gasteiger partial charge in [-0.25, -0.2) is 0 Å². The lowest BCUT2D eigenvalue weighted by Gasteiger charge is -2.69. The molecule has 150 valence electrons. The van der Waals surface area contributed by atoms with Gasteiger partial charge in [0.05, 0.1) is 62.8 Å². The Hall–Kier alpha value is -0.141. The van der Waals surface area contributed by atoms with Crippen LogP contribution in [0.3, 0.4) is 0 Å². The van der Waals surface area contributed by atoms with Crippen molar-refractivity contribution in [2.45, 2.75) is 86.1 Å². The van der Waals surface area contributed by atoms with Crippen molar-refractivity contribution in [2.75, 3.05) is 0 Å². The second-order valence-corrected chi connectivity index (χ2v) is 12.4. The van der Waals surface area contributed by atoms with Gasteiger partial charge in [-0.05, 0) is 81.7 Å². The van der Waals surface area contributed by atoms with Gasteiger partial charge >= 0.3 is 0 Å². The zero-order valence-corrected chi connectivity index (χ0v) is 19.6. The number of ketones is 2. The van der Waals surface area contributed by atoms with Crippen LogP contribution in [-0.2, 0) is 9.59 Å². The lowest BCUT2D eigenvalue weighted by atomic mass is 9.24. The molecular formula is C22H26B8O2. The predicted molar refractivity (Wildman–Crippen MR) is 134 cm³/mol. The molecule has 0 bridgehead atoms. The van der Waals surface area contributed by atoms with Crippen LogP contribution >= 0.6 is 0 Å². The highest BCUT2D eigenvalue weighted by atomic mass is 16.1. The summed E-state index contributed by atoms with van der Waals surface area (Å²) in [6.45, 7) is 5.67. The zero-order chi connectivity index (χ0) is 24.3. The van der Waals surface area contributed by atoms with Gasteiger partial charge in [0.25, 0.3) is 0 Å². The SMILES string of the molecule is [B]C1C(=O)C([B])([B])CC2(C)C3CCC4(C)C(CCC4([B])C(=O)C([B])([B])C)C3CC([B])([B])C12. The Morgan fingerprint density at radius 1 is 1.00 bits per heavy atom. The molecule has 0 aromatic rings. The number of carbonyl (C=O) groups is 2. The highest BCUT2D eigenvalue weighted by Gasteiger charge is 2.69. The smallest absolute Gasteiger partial charge is 0.119 e. The van der Waals surface area contributed by atoms with Crippen LogP contribution < -0.4 is 0 Å². The van der Waals surface area contributed by atoms with Crippen molar-refractivity contribution in [2.24, 2.45) is 34.5 Å². The molecule has 0 saturated heterocycles. The number of fused-ring (bicyclic) bond motifs is 5. The van der Waals surface area contributed by atoms with Crippen LogP contribution in [0.2, 0.25) is 26.8 Å². The number of carbonyl (C=O) groups excluding carboxylic acids is 2. The summed E-state index contributed by atoms with van der Waals surface area (Å²) in [7, 11) is 51.2. The molecule has 32 heavy (non-hydrogen) atoms. The molecule has 0 aliphatic heterocycles. The summed E-state index contributed by atoms with van der Waals surface area (Å²) < 4.78 is 0. The van der Waals surface area contributed by atoms with Crippen LogP contribution in [0.4, 0.5) is 0 Å². The van der Waals surface area contributed by atoms with Crippen LogP contribution in [-0.4, -0.2) is 74.3 Å². The highest BCUT2D eigenvalue weighted by molar-refractivity contribution is 6.55. The van der Waals surface area contributed by atoms with Crippen molar-refractivity contribution in [3.63, 3.8) is 0 Å². The lowest BCUT2D eigenvalue weighted by Crippen LogP contribution is -2.62. The van der Waals surface area contributed by atoms with Crippen molar-refractivity contribution in [3.8, 4) is 0 Å². The quantitative estimate of drug-likeness (QED) is 0.651. The van der Waals surface area contributed by atoms with E-state index in [4.69, 9.17) is 62.8 Å². The third kappa shape index (κ3) is 3.08. The minimum absolute atomic E-state index is 0.0984. The molecule has 0 N–H and O–H groups in total. The molecule has 4 rings (SSSR count). The second-order valence-electron chi connectivity index (χ2n) is 12.4. The molecular weight excluding hydrogens is 383 g/mol. The molecule has 8 unspecified atom stereocenters. The van der Waals surface area contributed by atoms with E-state index in [2.05, 4.69) is 13.8 Å². The Morgan fingerprint density at radius 3 is 2.12 bits per heavy atom. The minimum atomic E-state index is -1.52. The van der Waals surface area contributed by atoms with Crippen molar-refractivity contribution in [1.29, 1.82) is 0 Å². The summed E-state index contributed by atoms with van der Waals surface area (Å²) in [5.74, 6) is -1.68. The summed E-state index contributed by atoms with van der Waals surface area (Å²) >= 11 is 0. The van der Waals surface area contributed by atoms with E-state index in [1.165, 1.54) is 6.92 Å². The normalized spacial score (nSPS) is 49.5. The van der Waals surface area contributed by atoms with Crippen LogP contribution in [0.15, 0.2) is 0 Å². The van der Waals surface area contributed by atoms with Crippen LogP contribution in [0.1, 0.15) is 59.3 Å². The van der Waals surface area contributed by atoms with Crippen molar-refractivity contribution >= 4 is 74.3 Å². The molecule has 0 amide bonds. The van der Waals surface area contributed by atoms with Crippen LogP contribution in [0, 0.1) is 34.5 Å². The van der Waals surface area contributed by atoms with E-state index in [1.54, 1.807) is 0 Å². The lowest BCUT2D eigenvalue weighted by molar-refractivity contribution is -0.146. The summed E-state index contributed by atoms with van der Waals surface area (Å²) in [4.78, 5) is 26.1. The average molecular weight is 409 g/mol. The Balaban J connectivity index is 1.77. The van der Waals surface area contributed by atoms with Gasteiger partial charge in [-0.2, -0.15) is 0 Å². The predicted octanol–water partition coefficient (Wildman–Crippen LogP) is 1.66. The maximum absolute atomic E-state index is 13.3. The molecule has 4 saturated carbocycles. The highest BCUT2D eigenvalue weighted by Crippen LogP contribution is 2.76. The van der Waals surface area contributed by atoms with Gasteiger partial charge in [0.2, 0.25) is 0 Å². The van der Waals surface area contributed by atoms with E-state index in [-0.39, 0.29) is 30.0 Å². The second kappa shape index (κ2) is 6.96. The molecule has 0 aromatic heterocycles. The Kier molecular flexibility index (Phi) is 5.43. The molecule has 0 heterocycles. The number of Topliss-reactive ketones (excluding diaryl/α,β-unsaturated/α-hetero) is 2. The third-order valence-electron chi connectivity index (χ3n) is 10.1. The molecule has 4 aliphatic carbocycles. The van der Waals surface area contributed by atoms with E-state index in [0.717, 1.165) is 19.3 Å². The van der Waals surface area contributed by atoms with Gasteiger partial charge < -0.3 is 9.59 Å². The van der Waals surface area contributed by atoms with Gasteiger partial charge in [0.1, 0.15) is 11.6 Å². The molecule has 4 aliphatic rings. The Morgan fingerprint density at radius 2 is 1.56 bits per heavy atom. The average Bonchev–Trinajstić information content (AvgIpc) is 2.89. The fourth-order valence-corrected chi connectivity index (χ4v) is 8.86. The molecule has 8 atom stereocenters. The summed E-state index contributed by atoms with van der Waals surface area (Å²) in [6, 6.07) is 0. The first-order chi connectivity index (χ1) is 14.3. The molecule has 2 nitrogen and oxygen atoms in total. The number of hydrogen-bond acceptors (Lipinski definition) is 2. The number of hydrogen-bond donors (Lipinski definition) is 0. The van der Waals surface area contributed by atoms with E-state index in [9.17, 15) is 9.59 Å².